The van der Waals surface area contributed by atoms with E-state index in [-0.39, 0.29) is 35.3 Å². The van der Waals surface area contributed by atoms with Gasteiger partial charge in [-0.1, -0.05) is 0 Å². The fourth-order valence-corrected chi connectivity index (χ4v) is 0. The first-order valence-electron chi connectivity index (χ1n) is 2.34. The molecule has 0 fully saturated rings. The zero-order valence-corrected chi connectivity index (χ0v) is 7.08. The van der Waals surface area contributed by atoms with Crippen LogP contribution in [0.15, 0.2) is 0 Å². The van der Waals surface area contributed by atoms with Gasteiger partial charge in [-0.15, -0.1) is 0 Å². The van der Waals surface area contributed by atoms with Crippen molar-refractivity contribution in [3.05, 3.63) is 0 Å². The molecule has 0 aliphatic carbocycles. The fraction of sp³-hybridized carbons (Fsp3) is 0.500. The molecular formula is C4H10CoN2O5. The number of nitrogens with two attached hydrogens (primary N) is 2. The number of carboxylic acids is 2. The van der Waals surface area contributed by atoms with Gasteiger partial charge in [0.2, 0.25) is 0 Å². The van der Waals surface area contributed by atoms with Crippen LogP contribution in [-0.2, 0) is 26.4 Å². The molecule has 0 aliphatic heterocycles. The Kier molecular flexibility index (Phi) is 31.4. The molecule has 0 aliphatic rings. The van der Waals surface area contributed by atoms with E-state index < -0.39 is 11.9 Å². The van der Waals surface area contributed by atoms with Crippen molar-refractivity contribution in [1.29, 1.82) is 0 Å². The summed E-state index contributed by atoms with van der Waals surface area (Å²) in [7, 11) is 0. The van der Waals surface area contributed by atoms with Crippen LogP contribution in [0.1, 0.15) is 0 Å². The van der Waals surface area contributed by atoms with Gasteiger partial charge in [0.15, 0.2) is 0 Å². The molecule has 0 heterocycles. The van der Waals surface area contributed by atoms with E-state index in [1.54, 1.807) is 0 Å². The van der Waals surface area contributed by atoms with Crippen LogP contribution >= 0.6 is 0 Å². The van der Waals surface area contributed by atoms with Crippen molar-refractivity contribution in [3.8, 4) is 0 Å². The van der Waals surface area contributed by atoms with Gasteiger partial charge < -0.3 is 36.7 Å². The van der Waals surface area contributed by atoms with E-state index in [4.69, 9.17) is 19.8 Å². The molecule has 0 bridgehead atoms. The molecule has 0 amide bonds. The maximum Gasteiger partial charge on any atom is 2.00 e. The van der Waals surface area contributed by atoms with E-state index in [1.165, 1.54) is 0 Å². The standard InChI is InChI=1S/2C2H5NO2.Co.H2O/c2*3-1-2(4)5;;/h2*1,3H2,(H,4,5);;1H2/q;;+2;/p-2. The second-order valence-corrected chi connectivity index (χ2v) is 1.15. The maximum absolute atomic E-state index is 9.13. The summed E-state index contributed by atoms with van der Waals surface area (Å²) in [6.45, 7) is -0.778. The molecule has 12 heavy (non-hydrogen) atoms. The Morgan fingerprint density at radius 3 is 1.08 bits per heavy atom. The Bertz CT molecular complexity index is 106. The van der Waals surface area contributed by atoms with Crippen LogP contribution in [0.4, 0.5) is 0 Å². The second kappa shape index (κ2) is 16.7. The minimum atomic E-state index is -1.22. The fourth-order valence-electron chi connectivity index (χ4n) is 0. The van der Waals surface area contributed by atoms with Crippen molar-refractivity contribution in [3.63, 3.8) is 0 Å². The molecule has 0 rings (SSSR count). The Hall–Kier alpha value is -0.674. The molecule has 6 N–H and O–H groups in total. The SMILES string of the molecule is NCC(=O)[O-].NCC(=O)[O-].O.[Co+2]. The molecule has 0 atom stereocenters. The Balaban J connectivity index is -0.0000000457. The minimum Gasteiger partial charge on any atom is -0.549 e. The van der Waals surface area contributed by atoms with Gasteiger partial charge >= 0.3 is 16.8 Å². The predicted octanol–water partition coefficient (Wildman–Crippen LogP) is -5.44. The van der Waals surface area contributed by atoms with Crippen LogP contribution in [0.5, 0.6) is 0 Å². The van der Waals surface area contributed by atoms with E-state index in [0.29, 0.717) is 0 Å². The van der Waals surface area contributed by atoms with Crippen LogP contribution in [0.3, 0.4) is 0 Å². The van der Waals surface area contributed by atoms with Crippen molar-refractivity contribution in [2.45, 2.75) is 0 Å². The summed E-state index contributed by atoms with van der Waals surface area (Å²) in [6, 6.07) is 0. The maximum atomic E-state index is 9.13. The molecule has 0 aromatic heterocycles. The van der Waals surface area contributed by atoms with Crippen molar-refractivity contribution >= 4 is 11.9 Å². The zero-order chi connectivity index (χ0) is 8.57. The monoisotopic (exact) mass is 225 g/mol. The van der Waals surface area contributed by atoms with Crippen molar-refractivity contribution in [1.82, 2.24) is 0 Å². The van der Waals surface area contributed by atoms with Crippen LogP contribution in [0, 0.1) is 0 Å². The number of carboxylic acid groups (broad SMARTS) is 2. The molecule has 75 valence electrons. The van der Waals surface area contributed by atoms with Gasteiger partial charge in [0, 0.05) is 13.1 Å². The van der Waals surface area contributed by atoms with Gasteiger partial charge in [0.25, 0.3) is 0 Å². The number of hydrogen-bond acceptors (Lipinski definition) is 6. The molecule has 0 aromatic carbocycles. The van der Waals surface area contributed by atoms with Crippen molar-refractivity contribution in [2.75, 3.05) is 13.1 Å². The predicted molar refractivity (Wildman–Crippen MR) is 31.7 cm³/mol. The Labute approximate surface area is 79.2 Å². The number of rotatable bonds is 2. The summed E-state index contributed by atoms with van der Waals surface area (Å²) in [4.78, 5) is 18.3. The number of carbonyl (C=O) groups is 2. The summed E-state index contributed by atoms with van der Waals surface area (Å²) in [5.41, 5.74) is 9.02. The Morgan fingerprint density at radius 1 is 1.00 bits per heavy atom. The van der Waals surface area contributed by atoms with Crippen LogP contribution in [0.25, 0.3) is 0 Å². The molecule has 1 radical (unpaired) electrons. The van der Waals surface area contributed by atoms with E-state index >= 15 is 0 Å². The summed E-state index contributed by atoms with van der Waals surface area (Å²) in [6.07, 6.45) is 0. The summed E-state index contributed by atoms with van der Waals surface area (Å²) >= 11 is 0. The normalized spacial score (nSPS) is 6.17. The third-order valence-electron chi connectivity index (χ3n) is 0.333. The molecular weight excluding hydrogens is 215 g/mol. The smallest absolute Gasteiger partial charge is 0.549 e. The van der Waals surface area contributed by atoms with Crippen LogP contribution in [-0.4, -0.2) is 30.5 Å². The average Bonchev–Trinajstić information content (AvgIpc) is 1.89. The van der Waals surface area contributed by atoms with E-state index in [2.05, 4.69) is 11.5 Å². The topological polar surface area (TPSA) is 164 Å². The summed E-state index contributed by atoms with van der Waals surface area (Å²) < 4.78 is 0. The number of hydrogen-bond donors (Lipinski definition) is 2. The molecule has 7 nitrogen and oxygen atoms in total. The van der Waals surface area contributed by atoms with Gasteiger partial charge in [-0.2, -0.15) is 0 Å². The van der Waals surface area contributed by atoms with Crippen LogP contribution in [0.2, 0.25) is 0 Å². The molecule has 0 unspecified atom stereocenters. The van der Waals surface area contributed by atoms with E-state index in [1.807, 2.05) is 0 Å². The first-order valence-corrected chi connectivity index (χ1v) is 2.34. The quantitative estimate of drug-likeness (QED) is 0.475. The number of aliphatic carboxylic acids is 2. The second-order valence-electron chi connectivity index (χ2n) is 1.15. The van der Waals surface area contributed by atoms with Crippen molar-refractivity contribution in [2.24, 2.45) is 11.5 Å². The summed E-state index contributed by atoms with van der Waals surface area (Å²) in [5, 5.41) is 18.3. The molecule has 8 heteroatoms. The van der Waals surface area contributed by atoms with Gasteiger partial charge in [0.05, 0.1) is 11.9 Å². The van der Waals surface area contributed by atoms with Crippen LogP contribution < -0.4 is 21.7 Å². The minimum absolute atomic E-state index is 0. The van der Waals surface area contributed by atoms with Gasteiger partial charge in [-0.25, -0.2) is 0 Å². The third kappa shape index (κ3) is 58.4. The first-order chi connectivity index (χ1) is 4.54. The zero-order valence-electron chi connectivity index (χ0n) is 6.04. The molecule has 0 spiro atoms. The first kappa shape index (κ1) is 22.5. The molecule has 0 aromatic rings. The van der Waals surface area contributed by atoms with E-state index in [9.17, 15) is 0 Å². The number of carbonyl (C=O) groups excluding carboxylic acids is 2. The van der Waals surface area contributed by atoms with Gasteiger partial charge in [-0.05, 0) is 0 Å². The largest absolute Gasteiger partial charge is 2.00 e. The summed E-state index contributed by atoms with van der Waals surface area (Å²) in [5.74, 6) is -2.44. The average molecular weight is 225 g/mol. The van der Waals surface area contributed by atoms with Crippen molar-refractivity contribution < 1.29 is 42.1 Å². The molecule has 0 saturated heterocycles. The van der Waals surface area contributed by atoms with E-state index in [0.717, 1.165) is 0 Å². The van der Waals surface area contributed by atoms with Gasteiger partial charge in [0.1, 0.15) is 0 Å². The third-order valence-corrected chi connectivity index (χ3v) is 0.333. The molecule has 0 saturated carbocycles. The van der Waals surface area contributed by atoms with Gasteiger partial charge in [-0.3, -0.25) is 0 Å². The Morgan fingerprint density at radius 2 is 1.08 bits per heavy atom.